The van der Waals surface area contributed by atoms with Crippen LogP contribution in [0.25, 0.3) is 0 Å². The summed E-state index contributed by atoms with van der Waals surface area (Å²) in [6, 6.07) is 10.0. The Bertz CT molecular complexity index is 235. The van der Waals surface area contributed by atoms with Crippen molar-refractivity contribution in [2.24, 2.45) is 5.73 Å². The lowest BCUT2D eigenvalue weighted by Gasteiger charge is -2.09. The second-order valence-corrected chi connectivity index (χ2v) is 3.42. The Labute approximate surface area is 85.8 Å². The molecule has 2 heteroatoms. The third-order valence-corrected chi connectivity index (χ3v) is 2.13. The molecule has 77 valence electrons. The van der Waals surface area contributed by atoms with Crippen LogP contribution in [0.5, 0.6) is 0 Å². The Morgan fingerprint density at radius 2 is 2.00 bits per heavy atom. The van der Waals surface area contributed by atoms with Gasteiger partial charge in [0.2, 0.25) is 0 Å². The van der Waals surface area contributed by atoms with Crippen LogP contribution < -0.4 is 5.73 Å². The van der Waals surface area contributed by atoms with Crippen LogP contribution in [0.3, 0.4) is 0 Å². The van der Waals surface area contributed by atoms with Crippen LogP contribution >= 0.6 is 0 Å². The van der Waals surface area contributed by atoms with E-state index < -0.39 is 0 Å². The molecule has 1 aromatic rings. The maximum atomic E-state index is 9.63. The maximum absolute atomic E-state index is 9.63. The molecule has 0 heterocycles. The van der Waals surface area contributed by atoms with Crippen LogP contribution in [0.4, 0.5) is 0 Å². The predicted octanol–water partition coefficient (Wildman–Crippen LogP) is 1.53. The molecule has 3 N–H and O–H groups in total. The van der Waals surface area contributed by atoms with Crippen molar-refractivity contribution < 1.29 is 5.11 Å². The third kappa shape index (κ3) is 4.40. The minimum Gasteiger partial charge on any atom is -0.392 e. The molecule has 0 fully saturated rings. The predicted molar refractivity (Wildman–Crippen MR) is 58.7 cm³/mol. The molecule has 1 radical (unpaired) electrons. The summed E-state index contributed by atoms with van der Waals surface area (Å²) in [6.07, 6.45) is 4.13. The van der Waals surface area contributed by atoms with E-state index in [1.807, 2.05) is 36.8 Å². The van der Waals surface area contributed by atoms with Crippen LogP contribution in [-0.4, -0.2) is 17.8 Å². The first kappa shape index (κ1) is 11.2. The quantitative estimate of drug-likeness (QED) is 0.671. The molecule has 0 aliphatic heterocycles. The van der Waals surface area contributed by atoms with Gasteiger partial charge in [0.25, 0.3) is 0 Å². The molecule has 14 heavy (non-hydrogen) atoms. The highest BCUT2D eigenvalue weighted by molar-refractivity contribution is 5.16. The second-order valence-electron chi connectivity index (χ2n) is 3.42. The number of rotatable bonds is 6. The summed E-state index contributed by atoms with van der Waals surface area (Å²) in [5, 5.41) is 9.63. The Hall–Kier alpha value is -0.860. The zero-order valence-electron chi connectivity index (χ0n) is 8.39. The first-order chi connectivity index (χ1) is 6.83. The normalized spacial score (nSPS) is 12.7. The molecule has 1 rings (SSSR count). The van der Waals surface area contributed by atoms with Gasteiger partial charge in [-0.2, -0.15) is 0 Å². The van der Waals surface area contributed by atoms with E-state index >= 15 is 0 Å². The summed E-state index contributed by atoms with van der Waals surface area (Å²) in [5.74, 6) is 0. The second kappa shape index (κ2) is 6.57. The van der Waals surface area contributed by atoms with Crippen molar-refractivity contribution in [2.45, 2.75) is 25.4 Å². The minimum absolute atomic E-state index is 0.344. The molecule has 0 aliphatic rings. The smallest absolute Gasteiger partial charge is 0.0612 e. The van der Waals surface area contributed by atoms with Crippen molar-refractivity contribution in [1.29, 1.82) is 0 Å². The molecule has 0 bridgehead atoms. The van der Waals surface area contributed by atoms with E-state index in [1.54, 1.807) is 0 Å². The number of aliphatic hydroxyl groups excluding tert-OH is 1. The Morgan fingerprint density at radius 1 is 1.29 bits per heavy atom. The lowest BCUT2D eigenvalue weighted by Crippen LogP contribution is -2.12. The van der Waals surface area contributed by atoms with Crippen LogP contribution in [0.15, 0.2) is 30.3 Å². The van der Waals surface area contributed by atoms with Crippen molar-refractivity contribution >= 4 is 0 Å². The van der Waals surface area contributed by atoms with E-state index in [0.717, 1.165) is 12.8 Å². The van der Waals surface area contributed by atoms with Gasteiger partial charge >= 0.3 is 0 Å². The fourth-order valence-corrected chi connectivity index (χ4v) is 1.37. The summed E-state index contributed by atoms with van der Waals surface area (Å²) < 4.78 is 0. The van der Waals surface area contributed by atoms with Gasteiger partial charge in [-0.1, -0.05) is 30.3 Å². The van der Waals surface area contributed by atoms with E-state index in [1.165, 1.54) is 5.56 Å². The SMILES string of the molecule is NCCC[CH]C(O)Cc1ccccc1. The van der Waals surface area contributed by atoms with Crippen molar-refractivity contribution in [1.82, 2.24) is 0 Å². The highest BCUT2D eigenvalue weighted by Crippen LogP contribution is 2.07. The van der Waals surface area contributed by atoms with Gasteiger partial charge in [-0.15, -0.1) is 0 Å². The number of nitrogens with two attached hydrogens (primary N) is 1. The van der Waals surface area contributed by atoms with Gasteiger partial charge in [-0.3, -0.25) is 0 Å². The third-order valence-electron chi connectivity index (χ3n) is 2.13. The molecule has 0 aliphatic carbocycles. The fraction of sp³-hybridized carbons (Fsp3) is 0.417. The molecule has 0 saturated carbocycles. The van der Waals surface area contributed by atoms with Crippen LogP contribution in [-0.2, 0) is 6.42 Å². The highest BCUT2D eigenvalue weighted by Gasteiger charge is 2.04. The minimum atomic E-state index is -0.344. The number of hydrogen-bond donors (Lipinski definition) is 2. The topological polar surface area (TPSA) is 46.2 Å². The molecule has 0 spiro atoms. The summed E-state index contributed by atoms with van der Waals surface area (Å²) in [7, 11) is 0. The van der Waals surface area contributed by atoms with Crippen LogP contribution in [0.1, 0.15) is 18.4 Å². The van der Waals surface area contributed by atoms with Crippen LogP contribution in [0, 0.1) is 6.42 Å². The van der Waals surface area contributed by atoms with E-state index in [0.29, 0.717) is 13.0 Å². The summed E-state index contributed by atoms with van der Waals surface area (Å²) in [5.41, 5.74) is 6.54. The maximum Gasteiger partial charge on any atom is 0.0612 e. The van der Waals surface area contributed by atoms with Crippen molar-refractivity contribution in [2.75, 3.05) is 6.54 Å². The van der Waals surface area contributed by atoms with Gasteiger partial charge in [0.1, 0.15) is 0 Å². The van der Waals surface area contributed by atoms with E-state index in [2.05, 4.69) is 0 Å². The molecule has 0 saturated heterocycles. The Balaban J connectivity index is 2.23. The average molecular weight is 192 g/mol. The van der Waals surface area contributed by atoms with Gasteiger partial charge in [-0.05, 0) is 37.8 Å². The summed E-state index contributed by atoms with van der Waals surface area (Å²) >= 11 is 0. The standard InChI is InChI=1S/C12H18NO/c13-9-5-4-8-12(14)10-11-6-2-1-3-7-11/h1-3,6-8,12,14H,4-5,9-10,13H2. The zero-order chi connectivity index (χ0) is 10.2. The van der Waals surface area contributed by atoms with Gasteiger partial charge in [-0.25, -0.2) is 0 Å². The van der Waals surface area contributed by atoms with Gasteiger partial charge in [0.05, 0.1) is 6.10 Å². The molecule has 0 aromatic heterocycles. The van der Waals surface area contributed by atoms with E-state index in [-0.39, 0.29) is 6.10 Å². The molecule has 1 unspecified atom stereocenters. The van der Waals surface area contributed by atoms with Crippen LogP contribution in [0.2, 0.25) is 0 Å². The average Bonchev–Trinajstić information content (AvgIpc) is 2.20. The van der Waals surface area contributed by atoms with Crippen molar-refractivity contribution in [3.05, 3.63) is 42.3 Å². The molecule has 1 atom stereocenters. The first-order valence-electron chi connectivity index (χ1n) is 5.08. The lowest BCUT2D eigenvalue weighted by atomic mass is 10.0. The van der Waals surface area contributed by atoms with Gasteiger partial charge in [0, 0.05) is 0 Å². The molecule has 2 nitrogen and oxygen atoms in total. The van der Waals surface area contributed by atoms with Gasteiger partial charge < -0.3 is 10.8 Å². The molecular weight excluding hydrogens is 174 g/mol. The zero-order valence-corrected chi connectivity index (χ0v) is 8.39. The first-order valence-corrected chi connectivity index (χ1v) is 5.08. The van der Waals surface area contributed by atoms with E-state index in [9.17, 15) is 5.11 Å². The fourth-order valence-electron chi connectivity index (χ4n) is 1.37. The number of unbranched alkanes of at least 4 members (excludes halogenated alkanes) is 1. The number of hydrogen-bond acceptors (Lipinski definition) is 2. The highest BCUT2D eigenvalue weighted by atomic mass is 16.3. The largest absolute Gasteiger partial charge is 0.392 e. The monoisotopic (exact) mass is 192 g/mol. The molecule has 1 aromatic carbocycles. The Morgan fingerprint density at radius 3 is 2.64 bits per heavy atom. The summed E-state index contributed by atoms with van der Waals surface area (Å²) in [4.78, 5) is 0. The summed E-state index contributed by atoms with van der Waals surface area (Å²) in [6.45, 7) is 0.689. The van der Waals surface area contributed by atoms with Crippen molar-refractivity contribution in [3.63, 3.8) is 0 Å². The number of aliphatic hydroxyl groups is 1. The molecule has 0 amide bonds. The van der Waals surface area contributed by atoms with Gasteiger partial charge in [0.15, 0.2) is 0 Å². The lowest BCUT2D eigenvalue weighted by molar-refractivity contribution is 0.203. The Kier molecular flexibility index (Phi) is 5.27. The van der Waals surface area contributed by atoms with E-state index in [4.69, 9.17) is 5.73 Å². The number of benzene rings is 1. The molecular formula is C12H18NO. The van der Waals surface area contributed by atoms with Crippen molar-refractivity contribution in [3.8, 4) is 0 Å².